The Labute approximate surface area is 326 Å². The van der Waals surface area contributed by atoms with Gasteiger partial charge in [0.05, 0.1) is 36.6 Å². The lowest BCUT2D eigenvalue weighted by Crippen LogP contribution is -2.37. The molecule has 12 heteroatoms. The van der Waals surface area contributed by atoms with Gasteiger partial charge in [-0.3, -0.25) is 14.4 Å². The van der Waals surface area contributed by atoms with Crippen LogP contribution < -0.4 is 19.1 Å². The van der Waals surface area contributed by atoms with Gasteiger partial charge in [0.1, 0.15) is 11.5 Å². The van der Waals surface area contributed by atoms with Crippen molar-refractivity contribution in [2.45, 2.75) is 48.3 Å². The Kier molecular flexibility index (Phi) is 15.3. The van der Waals surface area contributed by atoms with Crippen molar-refractivity contribution in [1.29, 1.82) is 0 Å². The van der Waals surface area contributed by atoms with Crippen molar-refractivity contribution >= 4 is 50.9 Å². The molecule has 0 bridgehead atoms. The molecule has 0 spiro atoms. The summed E-state index contributed by atoms with van der Waals surface area (Å²) in [5, 5.41) is 2.90. The summed E-state index contributed by atoms with van der Waals surface area (Å²) in [7, 11) is -3.08. The molecule has 0 aliphatic carbocycles. The number of amides is 2. The lowest BCUT2D eigenvalue weighted by atomic mass is 10.2. The van der Waals surface area contributed by atoms with E-state index in [0.717, 1.165) is 34.2 Å². The van der Waals surface area contributed by atoms with E-state index in [-0.39, 0.29) is 41.3 Å². The Hall–Kier alpha value is -5.59. The molecule has 55 heavy (non-hydrogen) atoms. The van der Waals surface area contributed by atoms with Gasteiger partial charge in [0.2, 0.25) is 5.91 Å². The van der Waals surface area contributed by atoms with Crippen molar-refractivity contribution in [3.05, 3.63) is 145 Å². The van der Waals surface area contributed by atoms with E-state index in [1.807, 2.05) is 54.6 Å². The smallest absolute Gasteiger partial charge is 0.305 e. The first-order valence-electron chi connectivity index (χ1n) is 18.0. The number of para-hydroxylation sites is 1. The van der Waals surface area contributed by atoms with E-state index in [9.17, 15) is 22.8 Å². The number of thioether (sulfide) groups is 1. The van der Waals surface area contributed by atoms with Crippen LogP contribution in [0.4, 0.5) is 11.4 Å². The monoisotopic (exact) mass is 780 g/mol. The Morgan fingerprint density at radius 2 is 1.29 bits per heavy atom. The molecule has 0 saturated heterocycles. The first-order valence-corrected chi connectivity index (χ1v) is 20.4. The number of methoxy groups -OCH3 is 1. The highest BCUT2D eigenvalue weighted by Gasteiger charge is 2.32. The number of sulfonamides is 1. The average Bonchev–Trinajstić information content (AvgIpc) is 3.21. The lowest BCUT2D eigenvalue weighted by molar-refractivity contribution is -0.140. The van der Waals surface area contributed by atoms with Crippen LogP contribution >= 0.6 is 11.8 Å². The van der Waals surface area contributed by atoms with Crippen LogP contribution in [0.3, 0.4) is 0 Å². The molecule has 0 fully saturated rings. The predicted octanol–water partition coefficient (Wildman–Crippen LogP) is 8.58. The first-order chi connectivity index (χ1) is 26.7. The summed E-state index contributed by atoms with van der Waals surface area (Å²) in [5.41, 5.74) is 1.68. The van der Waals surface area contributed by atoms with Crippen LogP contribution in [0.15, 0.2) is 143 Å². The van der Waals surface area contributed by atoms with Crippen molar-refractivity contribution < 1.29 is 37.0 Å². The average molecular weight is 781 g/mol. The van der Waals surface area contributed by atoms with E-state index < -0.39 is 21.9 Å². The number of hydrogen-bond donors (Lipinski definition) is 1. The fourth-order valence-corrected chi connectivity index (χ4v) is 7.88. The van der Waals surface area contributed by atoms with Gasteiger partial charge in [0.25, 0.3) is 15.9 Å². The minimum absolute atomic E-state index is 0.0360. The van der Waals surface area contributed by atoms with Crippen molar-refractivity contribution in [3.8, 4) is 11.5 Å². The molecular weight excluding hydrogens is 737 g/mol. The quantitative estimate of drug-likeness (QED) is 0.0469. The Bertz CT molecular complexity index is 2100. The molecular formula is C43H44N2O8S2. The van der Waals surface area contributed by atoms with E-state index in [2.05, 4.69) is 10.1 Å². The molecule has 5 aromatic carbocycles. The van der Waals surface area contributed by atoms with Crippen molar-refractivity contribution in [2.75, 3.05) is 35.7 Å². The molecule has 0 radical (unpaired) electrons. The van der Waals surface area contributed by atoms with Crippen LogP contribution in [0.2, 0.25) is 0 Å². The fourth-order valence-electron chi connectivity index (χ4n) is 5.47. The van der Waals surface area contributed by atoms with Crippen LogP contribution in [0, 0.1) is 0 Å². The molecule has 1 N–H and O–H groups in total. The molecule has 0 heterocycles. The van der Waals surface area contributed by atoms with E-state index in [1.165, 1.54) is 37.1 Å². The maximum atomic E-state index is 14.1. The number of aryl methyl sites for hydroxylation is 1. The number of nitrogens with one attached hydrogen (secondary N) is 1. The molecule has 0 aromatic heterocycles. The number of ether oxygens (including phenoxy) is 3. The summed E-state index contributed by atoms with van der Waals surface area (Å²) in [6, 6.07) is 38.3. The van der Waals surface area contributed by atoms with Gasteiger partial charge in [0, 0.05) is 29.1 Å². The second kappa shape index (κ2) is 20.8. The highest BCUT2D eigenvalue weighted by atomic mass is 32.2. The van der Waals surface area contributed by atoms with Gasteiger partial charge in [-0.2, -0.15) is 4.31 Å². The van der Waals surface area contributed by atoms with Gasteiger partial charge in [-0.15, -0.1) is 11.8 Å². The molecule has 10 nitrogen and oxygen atoms in total. The third kappa shape index (κ3) is 12.2. The number of carbonyl (C=O) groups is 3. The van der Waals surface area contributed by atoms with Crippen LogP contribution in [-0.2, 0) is 30.8 Å². The van der Waals surface area contributed by atoms with Gasteiger partial charge in [-0.1, -0.05) is 66.7 Å². The molecule has 286 valence electrons. The number of carbonyl (C=O) groups excluding carboxylic acids is 3. The minimum Gasteiger partial charge on any atom is -0.494 e. The minimum atomic E-state index is -4.37. The number of hydrogen-bond acceptors (Lipinski definition) is 9. The first kappa shape index (κ1) is 40.6. The maximum absolute atomic E-state index is 14.1. The Balaban J connectivity index is 1.27. The number of benzene rings is 5. The van der Waals surface area contributed by atoms with E-state index >= 15 is 0 Å². The second-order valence-electron chi connectivity index (χ2n) is 12.4. The topological polar surface area (TPSA) is 128 Å². The second-order valence-corrected chi connectivity index (χ2v) is 15.3. The predicted molar refractivity (Wildman–Crippen MR) is 215 cm³/mol. The van der Waals surface area contributed by atoms with Gasteiger partial charge in [-0.25, -0.2) is 8.42 Å². The molecule has 5 rings (SSSR count). The molecule has 0 saturated carbocycles. The zero-order chi connectivity index (χ0) is 38.9. The highest BCUT2D eigenvalue weighted by molar-refractivity contribution is 7.99. The SMILES string of the molecule is COC(=O)CCCC(=O)Nc1cc(N(C(=O)c2ccccc2)S(=O)(=O)c2ccccc2)ccc1SCCc1ccc(OCCCCOc2ccccc2)cc1. The maximum Gasteiger partial charge on any atom is 0.305 e. The number of nitrogens with zero attached hydrogens (tertiary/aromatic N) is 1. The fraction of sp³-hybridized carbons (Fsp3) is 0.233. The Morgan fingerprint density at radius 1 is 0.691 bits per heavy atom. The van der Waals surface area contributed by atoms with E-state index in [4.69, 9.17) is 9.47 Å². The van der Waals surface area contributed by atoms with Crippen LogP contribution in [0.25, 0.3) is 0 Å². The molecule has 5 aromatic rings. The third-order valence-electron chi connectivity index (χ3n) is 8.36. The van der Waals surface area contributed by atoms with Gasteiger partial charge in [0.15, 0.2) is 0 Å². The van der Waals surface area contributed by atoms with Crippen molar-refractivity contribution in [2.24, 2.45) is 0 Å². The molecule has 2 amide bonds. The van der Waals surface area contributed by atoms with Crippen molar-refractivity contribution in [1.82, 2.24) is 0 Å². The van der Waals surface area contributed by atoms with Gasteiger partial charge >= 0.3 is 5.97 Å². The number of rotatable bonds is 20. The number of esters is 1. The van der Waals surface area contributed by atoms with Crippen LogP contribution in [0.1, 0.15) is 48.0 Å². The van der Waals surface area contributed by atoms with Gasteiger partial charge in [-0.05, 0) is 98.0 Å². The van der Waals surface area contributed by atoms with E-state index in [0.29, 0.717) is 36.0 Å². The normalized spacial score (nSPS) is 11.0. The van der Waals surface area contributed by atoms with Crippen LogP contribution in [0.5, 0.6) is 11.5 Å². The number of anilines is 2. The van der Waals surface area contributed by atoms with E-state index in [1.54, 1.807) is 60.7 Å². The number of unbranched alkanes of at least 4 members (excludes halogenated alkanes) is 1. The zero-order valence-electron chi connectivity index (χ0n) is 30.6. The lowest BCUT2D eigenvalue weighted by Gasteiger charge is -2.24. The summed E-state index contributed by atoms with van der Waals surface area (Å²) in [6.45, 7) is 1.21. The third-order valence-corrected chi connectivity index (χ3v) is 11.2. The summed E-state index contributed by atoms with van der Waals surface area (Å²) < 4.78 is 45.2. The van der Waals surface area contributed by atoms with Crippen LogP contribution in [-0.4, -0.2) is 52.3 Å². The largest absolute Gasteiger partial charge is 0.494 e. The molecule has 0 aliphatic heterocycles. The molecule has 0 unspecified atom stereocenters. The summed E-state index contributed by atoms with van der Waals surface area (Å²) >= 11 is 1.48. The standard InChI is InChI=1S/C43H44N2O8S2/c1-51-42(47)21-13-20-41(46)44-39-32-35(45(43(48)34-14-5-2-6-15-34)55(49,50)38-18-9-4-10-19-38)24-27-40(39)54-31-28-33-22-25-37(26-23-33)53-30-12-11-29-52-36-16-7-3-8-17-36/h2-10,14-19,22-27,32H,11-13,20-21,28-31H2,1H3,(H,44,46). The summed E-state index contributed by atoms with van der Waals surface area (Å²) in [4.78, 5) is 39.3. The molecule has 0 aliphatic rings. The summed E-state index contributed by atoms with van der Waals surface area (Å²) in [6.07, 6.45) is 2.83. The van der Waals surface area contributed by atoms with Gasteiger partial charge < -0.3 is 19.5 Å². The Morgan fingerprint density at radius 3 is 1.93 bits per heavy atom. The zero-order valence-corrected chi connectivity index (χ0v) is 32.2. The summed E-state index contributed by atoms with van der Waals surface area (Å²) in [5.74, 6) is 0.753. The van der Waals surface area contributed by atoms with Crippen molar-refractivity contribution in [3.63, 3.8) is 0 Å². The molecule has 0 atom stereocenters. The highest BCUT2D eigenvalue weighted by Crippen LogP contribution is 2.35.